The SMILES string of the molecule is C[C@H](CO)N[C@H](C)C(=O)O. The number of carboxylic acid groups (broad SMARTS) is 1. The summed E-state index contributed by atoms with van der Waals surface area (Å²) in [6, 6.07) is -0.756. The van der Waals surface area contributed by atoms with Crippen LogP contribution in [0.4, 0.5) is 0 Å². The molecule has 0 aromatic carbocycles. The highest BCUT2D eigenvalue weighted by atomic mass is 16.4. The molecule has 0 aliphatic carbocycles. The molecule has 2 atom stereocenters. The van der Waals surface area contributed by atoms with Gasteiger partial charge >= 0.3 is 5.97 Å². The van der Waals surface area contributed by atoms with Crippen molar-refractivity contribution in [1.29, 1.82) is 0 Å². The average molecular weight is 147 g/mol. The fraction of sp³-hybridized carbons (Fsp3) is 0.833. The maximum Gasteiger partial charge on any atom is 0.320 e. The summed E-state index contributed by atoms with van der Waals surface area (Å²) in [7, 11) is 0. The molecule has 0 saturated heterocycles. The zero-order valence-corrected chi connectivity index (χ0v) is 6.16. The Labute approximate surface area is 59.9 Å². The molecular weight excluding hydrogens is 134 g/mol. The minimum atomic E-state index is -0.902. The zero-order valence-electron chi connectivity index (χ0n) is 6.16. The lowest BCUT2D eigenvalue weighted by molar-refractivity contribution is -0.139. The van der Waals surface area contributed by atoms with Crippen molar-refractivity contribution in [3.05, 3.63) is 0 Å². The molecule has 0 saturated carbocycles. The lowest BCUT2D eigenvalue weighted by atomic mass is 10.3. The van der Waals surface area contributed by atoms with Crippen molar-refractivity contribution in [2.75, 3.05) is 6.61 Å². The maximum atomic E-state index is 10.2. The number of hydrogen-bond acceptors (Lipinski definition) is 3. The van der Waals surface area contributed by atoms with Crippen LogP contribution in [-0.4, -0.2) is 34.9 Å². The second-order valence-corrected chi connectivity index (χ2v) is 2.31. The molecule has 0 unspecified atom stereocenters. The van der Waals surface area contributed by atoms with E-state index in [1.54, 1.807) is 6.92 Å². The largest absolute Gasteiger partial charge is 0.480 e. The van der Waals surface area contributed by atoms with Gasteiger partial charge in [-0.3, -0.25) is 10.1 Å². The molecule has 3 N–H and O–H groups in total. The number of rotatable bonds is 4. The highest BCUT2D eigenvalue weighted by molar-refractivity contribution is 5.72. The van der Waals surface area contributed by atoms with E-state index < -0.39 is 12.0 Å². The van der Waals surface area contributed by atoms with Crippen LogP contribution < -0.4 is 5.32 Å². The summed E-state index contributed by atoms with van der Waals surface area (Å²) in [4.78, 5) is 10.2. The summed E-state index contributed by atoms with van der Waals surface area (Å²) >= 11 is 0. The van der Waals surface area contributed by atoms with Crippen LogP contribution in [0, 0.1) is 0 Å². The lowest BCUT2D eigenvalue weighted by Gasteiger charge is -2.13. The number of carboxylic acids is 1. The summed E-state index contributed by atoms with van der Waals surface area (Å²) in [5.41, 5.74) is 0. The molecule has 0 rings (SSSR count). The third-order valence-electron chi connectivity index (χ3n) is 1.18. The van der Waals surface area contributed by atoms with Gasteiger partial charge in [0.25, 0.3) is 0 Å². The Morgan fingerprint density at radius 3 is 2.40 bits per heavy atom. The quantitative estimate of drug-likeness (QED) is 0.498. The first-order valence-corrected chi connectivity index (χ1v) is 3.17. The van der Waals surface area contributed by atoms with E-state index in [1.807, 2.05) is 0 Å². The van der Waals surface area contributed by atoms with Gasteiger partial charge in [-0.15, -0.1) is 0 Å². The highest BCUT2D eigenvalue weighted by Gasteiger charge is 2.11. The fourth-order valence-corrected chi connectivity index (χ4v) is 0.551. The standard InChI is InChI=1S/C6H13NO3/c1-4(3-8)7-5(2)6(9)10/h4-5,7-8H,3H2,1-2H3,(H,9,10)/t4-,5-/m1/s1. The number of aliphatic carboxylic acids is 1. The molecule has 4 nitrogen and oxygen atoms in total. The topological polar surface area (TPSA) is 69.6 Å². The average Bonchev–Trinajstić information content (AvgIpc) is 1.87. The van der Waals surface area contributed by atoms with Crippen molar-refractivity contribution in [3.8, 4) is 0 Å². The Morgan fingerprint density at radius 1 is 1.60 bits per heavy atom. The fourth-order valence-electron chi connectivity index (χ4n) is 0.551. The van der Waals surface area contributed by atoms with E-state index in [2.05, 4.69) is 5.32 Å². The predicted octanol–water partition coefficient (Wildman–Crippen LogP) is -0.570. The first kappa shape index (κ1) is 9.39. The van der Waals surface area contributed by atoms with E-state index in [1.165, 1.54) is 6.92 Å². The Morgan fingerprint density at radius 2 is 2.10 bits per heavy atom. The summed E-state index contributed by atoms with van der Waals surface area (Å²) in [5.74, 6) is -0.902. The molecule has 0 spiro atoms. The first-order valence-electron chi connectivity index (χ1n) is 3.17. The molecule has 0 fully saturated rings. The monoisotopic (exact) mass is 147 g/mol. The molecule has 0 bridgehead atoms. The van der Waals surface area contributed by atoms with Crippen LogP contribution in [0.3, 0.4) is 0 Å². The second kappa shape index (κ2) is 4.24. The predicted molar refractivity (Wildman–Crippen MR) is 36.8 cm³/mol. The Kier molecular flexibility index (Phi) is 3.99. The Bertz CT molecular complexity index is 116. The van der Waals surface area contributed by atoms with Gasteiger partial charge in [0, 0.05) is 6.04 Å². The van der Waals surface area contributed by atoms with Crippen molar-refractivity contribution in [3.63, 3.8) is 0 Å². The minimum absolute atomic E-state index is 0.0440. The molecule has 0 amide bonds. The number of nitrogens with one attached hydrogen (secondary N) is 1. The molecule has 0 aromatic heterocycles. The van der Waals surface area contributed by atoms with Crippen molar-refractivity contribution >= 4 is 5.97 Å². The molecule has 0 aliphatic rings. The Balaban J connectivity index is 3.56. The molecule has 4 heteroatoms. The van der Waals surface area contributed by atoms with Crippen LogP contribution in [0.2, 0.25) is 0 Å². The van der Waals surface area contributed by atoms with Crippen molar-refractivity contribution < 1.29 is 15.0 Å². The van der Waals surface area contributed by atoms with E-state index in [0.717, 1.165) is 0 Å². The second-order valence-electron chi connectivity index (χ2n) is 2.31. The molecule has 0 radical (unpaired) electrons. The third kappa shape index (κ3) is 3.42. The number of aliphatic hydroxyl groups is 1. The van der Waals surface area contributed by atoms with E-state index in [4.69, 9.17) is 10.2 Å². The van der Waals surface area contributed by atoms with Gasteiger partial charge < -0.3 is 10.2 Å². The highest BCUT2D eigenvalue weighted by Crippen LogP contribution is 1.85. The maximum absolute atomic E-state index is 10.2. The normalized spacial score (nSPS) is 16.3. The van der Waals surface area contributed by atoms with Crippen LogP contribution in [0.25, 0.3) is 0 Å². The lowest BCUT2D eigenvalue weighted by Crippen LogP contribution is -2.41. The van der Waals surface area contributed by atoms with Gasteiger partial charge in [0.15, 0.2) is 0 Å². The molecule has 0 heterocycles. The van der Waals surface area contributed by atoms with Crippen molar-refractivity contribution in [2.45, 2.75) is 25.9 Å². The van der Waals surface area contributed by atoms with E-state index in [0.29, 0.717) is 0 Å². The van der Waals surface area contributed by atoms with Gasteiger partial charge in [0.05, 0.1) is 6.61 Å². The number of aliphatic hydroxyl groups excluding tert-OH is 1. The zero-order chi connectivity index (χ0) is 8.15. The molecule has 10 heavy (non-hydrogen) atoms. The third-order valence-corrected chi connectivity index (χ3v) is 1.18. The van der Waals surface area contributed by atoms with Crippen molar-refractivity contribution in [2.24, 2.45) is 0 Å². The number of carbonyl (C=O) groups is 1. The van der Waals surface area contributed by atoms with Gasteiger partial charge in [-0.2, -0.15) is 0 Å². The first-order chi connectivity index (χ1) is 4.57. The van der Waals surface area contributed by atoms with Crippen LogP contribution in [0.15, 0.2) is 0 Å². The molecule has 0 aromatic rings. The smallest absolute Gasteiger partial charge is 0.320 e. The molecule has 0 aliphatic heterocycles. The molecular formula is C6H13NO3. The van der Waals surface area contributed by atoms with Gasteiger partial charge in [0.1, 0.15) is 6.04 Å². The minimum Gasteiger partial charge on any atom is -0.480 e. The van der Waals surface area contributed by atoms with Crippen LogP contribution in [0.5, 0.6) is 0 Å². The van der Waals surface area contributed by atoms with E-state index in [9.17, 15) is 4.79 Å². The van der Waals surface area contributed by atoms with Crippen molar-refractivity contribution in [1.82, 2.24) is 5.32 Å². The van der Waals surface area contributed by atoms with Gasteiger partial charge in [-0.25, -0.2) is 0 Å². The summed E-state index contributed by atoms with van der Waals surface area (Å²) < 4.78 is 0. The van der Waals surface area contributed by atoms with Crippen LogP contribution >= 0.6 is 0 Å². The van der Waals surface area contributed by atoms with E-state index in [-0.39, 0.29) is 12.6 Å². The molecule has 60 valence electrons. The summed E-state index contributed by atoms with van der Waals surface area (Å²) in [6.45, 7) is 3.21. The number of hydrogen-bond donors (Lipinski definition) is 3. The van der Waals surface area contributed by atoms with Gasteiger partial charge in [0.2, 0.25) is 0 Å². The van der Waals surface area contributed by atoms with Gasteiger partial charge in [-0.1, -0.05) is 0 Å². The van der Waals surface area contributed by atoms with Gasteiger partial charge in [-0.05, 0) is 13.8 Å². The van der Waals surface area contributed by atoms with E-state index >= 15 is 0 Å². The Hall–Kier alpha value is -0.610. The summed E-state index contributed by atoms with van der Waals surface area (Å²) in [5, 5.41) is 19.6. The van der Waals surface area contributed by atoms with Crippen LogP contribution in [-0.2, 0) is 4.79 Å². The summed E-state index contributed by atoms with van der Waals surface area (Å²) in [6.07, 6.45) is 0. The van der Waals surface area contributed by atoms with Crippen LogP contribution in [0.1, 0.15) is 13.8 Å².